The number of hydrogen-bond acceptors (Lipinski definition) is 0. The molecule has 0 nitrogen and oxygen atoms in total. The fourth-order valence-electron chi connectivity index (χ4n) is 3.80. The second kappa shape index (κ2) is 24.5. The van der Waals surface area contributed by atoms with E-state index >= 15 is 0 Å². The molecule has 0 radical (unpaired) electrons. The Kier molecular flexibility index (Phi) is 24.1. The van der Waals surface area contributed by atoms with Crippen molar-refractivity contribution in [1.82, 2.24) is 0 Å². The normalized spacial score (nSPS) is 13.1. The summed E-state index contributed by atoms with van der Waals surface area (Å²) in [5.74, 6) is 0.832. The van der Waals surface area contributed by atoms with Gasteiger partial charge < -0.3 is 0 Å². The van der Waals surface area contributed by atoms with Gasteiger partial charge in [-0.05, 0) is 50.9 Å². The summed E-state index contributed by atoms with van der Waals surface area (Å²) in [6.07, 6.45) is 37.5. The molecule has 0 rings (SSSR count). The van der Waals surface area contributed by atoms with Crippen molar-refractivity contribution in [2.24, 2.45) is 5.92 Å². The van der Waals surface area contributed by atoms with Gasteiger partial charge in [0.05, 0.1) is 0 Å². The standard InChI is InChI=1S/C28H54/c1-4-6-8-10-12-14-16-17-19-21-23-25-27-28(3)26-24-22-20-18-15-13-11-9-7-5-2/h21-24,28H,4-20,25-27H2,1-3H3/t28-/m1/s1. The molecule has 0 unspecified atom stereocenters. The molecule has 0 N–H and O–H groups in total. The first-order valence-electron chi connectivity index (χ1n) is 13.1. The van der Waals surface area contributed by atoms with Gasteiger partial charge in [0, 0.05) is 0 Å². The molecular formula is C28H54. The predicted octanol–water partition coefficient (Wildman–Crippen LogP) is 10.6. The third kappa shape index (κ3) is 23.5. The van der Waals surface area contributed by atoms with E-state index in [-0.39, 0.29) is 0 Å². The topological polar surface area (TPSA) is 0 Å². The lowest BCUT2D eigenvalue weighted by atomic mass is 10.0. The van der Waals surface area contributed by atoms with E-state index in [1.165, 1.54) is 128 Å². The van der Waals surface area contributed by atoms with Crippen LogP contribution in [0.2, 0.25) is 0 Å². The van der Waals surface area contributed by atoms with E-state index in [0.29, 0.717) is 0 Å². The highest BCUT2D eigenvalue weighted by Crippen LogP contribution is 2.14. The smallest absolute Gasteiger partial charge is 0.0325 e. The van der Waals surface area contributed by atoms with Gasteiger partial charge in [-0.3, -0.25) is 0 Å². The van der Waals surface area contributed by atoms with Gasteiger partial charge in [-0.1, -0.05) is 129 Å². The minimum absolute atomic E-state index is 0.832. The van der Waals surface area contributed by atoms with Gasteiger partial charge in [-0.25, -0.2) is 0 Å². The van der Waals surface area contributed by atoms with E-state index in [9.17, 15) is 0 Å². The lowest BCUT2D eigenvalue weighted by molar-refractivity contribution is 0.544. The molecule has 0 spiro atoms. The van der Waals surface area contributed by atoms with Crippen molar-refractivity contribution in [3.8, 4) is 0 Å². The Labute approximate surface area is 179 Å². The first kappa shape index (κ1) is 27.5. The molecule has 0 heterocycles. The second-order valence-corrected chi connectivity index (χ2v) is 9.03. The van der Waals surface area contributed by atoms with E-state index in [1.54, 1.807) is 0 Å². The maximum atomic E-state index is 2.44. The van der Waals surface area contributed by atoms with Crippen molar-refractivity contribution >= 4 is 0 Å². The number of unbranched alkanes of at least 4 members (excludes halogenated alkanes) is 15. The van der Waals surface area contributed by atoms with E-state index < -0.39 is 0 Å². The van der Waals surface area contributed by atoms with Crippen LogP contribution in [0.1, 0.15) is 149 Å². The molecule has 28 heavy (non-hydrogen) atoms. The molecule has 0 aliphatic carbocycles. The predicted molar refractivity (Wildman–Crippen MR) is 131 cm³/mol. The molecule has 166 valence electrons. The van der Waals surface area contributed by atoms with Gasteiger partial charge in [0.25, 0.3) is 0 Å². The van der Waals surface area contributed by atoms with Crippen LogP contribution in [-0.2, 0) is 0 Å². The summed E-state index contributed by atoms with van der Waals surface area (Å²) in [5, 5.41) is 0. The van der Waals surface area contributed by atoms with E-state index in [1.807, 2.05) is 0 Å². The van der Waals surface area contributed by atoms with Crippen LogP contribution >= 0.6 is 0 Å². The van der Waals surface area contributed by atoms with E-state index in [4.69, 9.17) is 0 Å². The van der Waals surface area contributed by atoms with E-state index in [2.05, 4.69) is 45.1 Å². The Hall–Kier alpha value is -0.520. The van der Waals surface area contributed by atoms with Crippen molar-refractivity contribution in [3.63, 3.8) is 0 Å². The minimum atomic E-state index is 0.832. The summed E-state index contributed by atoms with van der Waals surface area (Å²) in [6.45, 7) is 6.99. The van der Waals surface area contributed by atoms with Crippen LogP contribution in [0.5, 0.6) is 0 Å². The van der Waals surface area contributed by atoms with Crippen molar-refractivity contribution in [3.05, 3.63) is 24.3 Å². The third-order valence-electron chi connectivity index (χ3n) is 5.90. The molecule has 0 aliphatic rings. The zero-order chi connectivity index (χ0) is 20.5. The highest BCUT2D eigenvalue weighted by Gasteiger charge is 1.97. The molecule has 0 saturated carbocycles. The Morgan fingerprint density at radius 1 is 0.464 bits per heavy atom. The molecule has 0 aliphatic heterocycles. The number of allylic oxidation sites excluding steroid dienone is 4. The van der Waals surface area contributed by atoms with E-state index in [0.717, 1.165) is 5.92 Å². The van der Waals surface area contributed by atoms with Gasteiger partial charge in [-0.15, -0.1) is 0 Å². The fourth-order valence-corrected chi connectivity index (χ4v) is 3.80. The van der Waals surface area contributed by atoms with Crippen molar-refractivity contribution < 1.29 is 0 Å². The lowest BCUT2D eigenvalue weighted by Gasteiger charge is -2.06. The van der Waals surface area contributed by atoms with Crippen LogP contribution in [0, 0.1) is 5.92 Å². The Bertz CT molecular complexity index is 325. The first-order chi connectivity index (χ1) is 13.8. The quantitative estimate of drug-likeness (QED) is 0.127. The molecule has 0 heteroatoms. The van der Waals surface area contributed by atoms with Gasteiger partial charge in [-0.2, -0.15) is 0 Å². The van der Waals surface area contributed by atoms with Gasteiger partial charge >= 0.3 is 0 Å². The SMILES string of the molecule is CCCCCCCCCC=CC[C@@H](C)CCC=CCCCCCCCCCC. The molecule has 0 bridgehead atoms. The van der Waals surface area contributed by atoms with Gasteiger partial charge in [0.15, 0.2) is 0 Å². The molecule has 0 saturated heterocycles. The first-order valence-corrected chi connectivity index (χ1v) is 13.1. The maximum Gasteiger partial charge on any atom is -0.0325 e. The van der Waals surface area contributed by atoms with Crippen LogP contribution in [-0.4, -0.2) is 0 Å². The van der Waals surface area contributed by atoms with Crippen LogP contribution in [0.25, 0.3) is 0 Å². The van der Waals surface area contributed by atoms with Gasteiger partial charge in [0.1, 0.15) is 0 Å². The highest BCUT2D eigenvalue weighted by molar-refractivity contribution is 4.85. The summed E-state index contributed by atoms with van der Waals surface area (Å²) in [6, 6.07) is 0. The molecule has 0 aromatic heterocycles. The van der Waals surface area contributed by atoms with Crippen LogP contribution in [0.15, 0.2) is 24.3 Å². The molecule has 0 fully saturated rings. The maximum absolute atomic E-state index is 2.44. The summed E-state index contributed by atoms with van der Waals surface area (Å²) >= 11 is 0. The number of hydrogen-bond donors (Lipinski definition) is 0. The third-order valence-corrected chi connectivity index (χ3v) is 5.90. The Morgan fingerprint density at radius 3 is 1.36 bits per heavy atom. The average molecular weight is 391 g/mol. The summed E-state index contributed by atoms with van der Waals surface area (Å²) in [4.78, 5) is 0. The zero-order valence-electron chi connectivity index (χ0n) is 20.0. The van der Waals surface area contributed by atoms with Crippen molar-refractivity contribution in [2.45, 2.75) is 149 Å². The molecule has 0 aromatic carbocycles. The minimum Gasteiger partial charge on any atom is -0.0885 e. The highest BCUT2D eigenvalue weighted by atomic mass is 14.0. The van der Waals surface area contributed by atoms with Crippen molar-refractivity contribution in [2.75, 3.05) is 0 Å². The Balaban J connectivity index is 3.31. The Morgan fingerprint density at radius 2 is 0.857 bits per heavy atom. The molecule has 0 amide bonds. The zero-order valence-corrected chi connectivity index (χ0v) is 20.0. The van der Waals surface area contributed by atoms with Crippen LogP contribution in [0.4, 0.5) is 0 Å². The monoisotopic (exact) mass is 390 g/mol. The van der Waals surface area contributed by atoms with Crippen LogP contribution in [0.3, 0.4) is 0 Å². The lowest BCUT2D eigenvalue weighted by Crippen LogP contribution is -1.91. The largest absolute Gasteiger partial charge is 0.0885 e. The van der Waals surface area contributed by atoms with Gasteiger partial charge in [0.2, 0.25) is 0 Å². The molecule has 1 atom stereocenters. The fraction of sp³-hybridized carbons (Fsp3) is 0.857. The molecule has 0 aromatic rings. The second-order valence-electron chi connectivity index (χ2n) is 9.03. The number of rotatable bonds is 22. The molecular weight excluding hydrogens is 336 g/mol. The summed E-state index contributed by atoms with van der Waals surface area (Å²) < 4.78 is 0. The average Bonchev–Trinajstić information content (AvgIpc) is 2.70. The van der Waals surface area contributed by atoms with Crippen LogP contribution < -0.4 is 0 Å². The van der Waals surface area contributed by atoms with Crippen molar-refractivity contribution in [1.29, 1.82) is 0 Å². The summed E-state index contributed by atoms with van der Waals surface area (Å²) in [5.41, 5.74) is 0. The summed E-state index contributed by atoms with van der Waals surface area (Å²) in [7, 11) is 0.